The van der Waals surface area contributed by atoms with E-state index in [2.05, 4.69) is 9.89 Å². The molecular weight excluding hydrogens is 309 g/mol. The Morgan fingerprint density at radius 1 is 1.21 bits per heavy atom. The minimum absolute atomic E-state index is 0.0196. The summed E-state index contributed by atoms with van der Waals surface area (Å²) in [5, 5.41) is 10.6. The van der Waals surface area contributed by atoms with Crippen molar-refractivity contribution in [1.29, 1.82) is 0 Å². The lowest BCUT2D eigenvalue weighted by Crippen LogP contribution is -2.19. The first-order chi connectivity index (χ1) is 11.5. The molecule has 0 aliphatic carbocycles. The number of nitro groups is 1. The third kappa shape index (κ3) is 3.42. The van der Waals surface area contributed by atoms with E-state index >= 15 is 0 Å². The molecule has 0 unspecified atom stereocenters. The van der Waals surface area contributed by atoms with Gasteiger partial charge in [-0.1, -0.05) is 0 Å². The summed E-state index contributed by atoms with van der Waals surface area (Å²) in [7, 11) is 0. The van der Waals surface area contributed by atoms with Crippen molar-refractivity contribution in [3.05, 3.63) is 63.5 Å². The van der Waals surface area contributed by atoms with Gasteiger partial charge in [-0.05, 0) is 55.2 Å². The van der Waals surface area contributed by atoms with Gasteiger partial charge >= 0.3 is 0 Å². The van der Waals surface area contributed by atoms with E-state index in [-0.39, 0.29) is 11.5 Å². The van der Waals surface area contributed by atoms with E-state index in [1.165, 1.54) is 18.2 Å². The number of aliphatic imine (C=N–C) groups is 1. The average molecular weight is 327 g/mol. The van der Waals surface area contributed by atoms with Gasteiger partial charge in [0.1, 0.15) is 5.82 Å². The summed E-state index contributed by atoms with van der Waals surface area (Å²) in [6, 6.07) is 9.29. The maximum atomic E-state index is 14.4. The number of hydrogen-bond acceptors (Lipinski definition) is 4. The van der Waals surface area contributed by atoms with Crippen LogP contribution >= 0.6 is 0 Å². The van der Waals surface area contributed by atoms with Crippen LogP contribution in [-0.4, -0.2) is 24.2 Å². The Morgan fingerprint density at radius 2 is 1.88 bits per heavy atom. The van der Waals surface area contributed by atoms with Crippen LogP contribution in [0.15, 0.2) is 41.4 Å². The molecule has 1 saturated heterocycles. The topological polar surface area (TPSA) is 58.7 Å². The predicted octanol–water partition coefficient (Wildman–Crippen LogP) is 4.39. The van der Waals surface area contributed by atoms with E-state index in [4.69, 9.17) is 0 Å². The molecule has 2 aromatic rings. The van der Waals surface area contributed by atoms with Gasteiger partial charge in [0.2, 0.25) is 0 Å². The number of hydrogen-bond donors (Lipinski definition) is 0. The first kappa shape index (κ1) is 16.1. The molecule has 0 radical (unpaired) electrons. The second-order valence-corrected chi connectivity index (χ2v) is 5.89. The molecule has 1 aliphatic rings. The zero-order chi connectivity index (χ0) is 17.1. The highest BCUT2D eigenvalue weighted by Crippen LogP contribution is 2.26. The molecule has 0 bridgehead atoms. The summed E-state index contributed by atoms with van der Waals surface area (Å²) in [5.74, 6) is -0.243. The number of benzene rings is 2. The largest absolute Gasteiger partial charge is 0.369 e. The Balaban J connectivity index is 1.81. The standard InChI is InChI=1S/C18H18FN3O2/c1-13-10-18(21-8-2-3-9-21)17(19)11-14(13)12-20-15-4-6-16(7-5-15)22(23)24/h4-7,10-12H,2-3,8-9H2,1H3. The van der Waals surface area contributed by atoms with Crippen molar-refractivity contribution < 1.29 is 9.31 Å². The minimum atomic E-state index is -0.454. The van der Waals surface area contributed by atoms with E-state index in [1.807, 2.05) is 13.0 Å². The Kier molecular flexibility index (Phi) is 4.55. The molecule has 2 aromatic carbocycles. The van der Waals surface area contributed by atoms with Crippen molar-refractivity contribution in [3.8, 4) is 0 Å². The summed E-state index contributed by atoms with van der Waals surface area (Å²) in [6.45, 7) is 3.72. The van der Waals surface area contributed by atoms with Gasteiger partial charge in [0.25, 0.3) is 5.69 Å². The number of nitro benzene ring substituents is 1. The molecule has 6 heteroatoms. The van der Waals surface area contributed by atoms with Crippen molar-refractivity contribution in [1.82, 2.24) is 0 Å². The minimum Gasteiger partial charge on any atom is -0.369 e. The summed E-state index contributed by atoms with van der Waals surface area (Å²) in [6.07, 6.45) is 3.79. The first-order valence-electron chi connectivity index (χ1n) is 7.88. The van der Waals surface area contributed by atoms with Crippen molar-refractivity contribution in [2.24, 2.45) is 4.99 Å². The quantitative estimate of drug-likeness (QED) is 0.475. The average Bonchev–Trinajstić information content (AvgIpc) is 3.10. The molecule has 0 saturated carbocycles. The van der Waals surface area contributed by atoms with Crippen LogP contribution in [0.4, 0.5) is 21.5 Å². The molecule has 0 N–H and O–H groups in total. The zero-order valence-electron chi connectivity index (χ0n) is 13.4. The maximum Gasteiger partial charge on any atom is 0.269 e. The van der Waals surface area contributed by atoms with Gasteiger partial charge in [-0.3, -0.25) is 15.1 Å². The second-order valence-electron chi connectivity index (χ2n) is 5.89. The number of aryl methyl sites for hydroxylation is 1. The third-order valence-electron chi connectivity index (χ3n) is 4.20. The number of anilines is 1. The van der Waals surface area contributed by atoms with Crippen molar-refractivity contribution in [2.45, 2.75) is 19.8 Å². The lowest BCUT2D eigenvalue weighted by molar-refractivity contribution is -0.384. The Labute approximate surface area is 139 Å². The van der Waals surface area contributed by atoms with Crippen molar-refractivity contribution in [3.63, 3.8) is 0 Å². The lowest BCUT2D eigenvalue weighted by atomic mass is 10.1. The highest BCUT2D eigenvalue weighted by atomic mass is 19.1. The summed E-state index contributed by atoms with van der Waals surface area (Å²) < 4.78 is 14.4. The molecule has 0 spiro atoms. The number of rotatable bonds is 4. The summed E-state index contributed by atoms with van der Waals surface area (Å²) in [4.78, 5) is 16.5. The maximum absolute atomic E-state index is 14.4. The van der Waals surface area contributed by atoms with Crippen LogP contribution in [-0.2, 0) is 0 Å². The van der Waals surface area contributed by atoms with Crippen molar-refractivity contribution in [2.75, 3.05) is 18.0 Å². The van der Waals surface area contributed by atoms with Gasteiger partial charge in [-0.25, -0.2) is 4.39 Å². The molecule has 24 heavy (non-hydrogen) atoms. The van der Waals surface area contributed by atoms with Gasteiger partial charge in [0.15, 0.2) is 0 Å². The van der Waals surface area contributed by atoms with E-state index in [0.29, 0.717) is 16.9 Å². The fourth-order valence-corrected chi connectivity index (χ4v) is 2.83. The number of halogens is 1. The van der Waals surface area contributed by atoms with E-state index in [1.54, 1.807) is 18.3 Å². The zero-order valence-corrected chi connectivity index (χ0v) is 13.4. The molecule has 1 aliphatic heterocycles. The van der Waals surface area contributed by atoms with Crippen LogP contribution in [0, 0.1) is 22.9 Å². The fourth-order valence-electron chi connectivity index (χ4n) is 2.83. The lowest BCUT2D eigenvalue weighted by Gasteiger charge is -2.19. The molecular formula is C18H18FN3O2. The van der Waals surface area contributed by atoms with Crippen LogP contribution in [0.5, 0.6) is 0 Å². The molecule has 124 valence electrons. The Bertz CT molecular complexity index is 782. The van der Waals surface area contributed by atoms with Gasteiger partial charge < -0.3 is 4.90 Å². The first-order valence-corrected chi connectivity index (χ1v) is 7.88. The molecule has 0 amide bonds. The smallest absolute Gasteiger partial charge is 0.269 e. The Morgan fingerprint density at radius 3 is 2.50 bits per heavy atom. The van der Waals surface area contributed by atoms with E-state index in [9.17, 15) is 14.5 Å². The van der Waals surface area contributed by atoms with Crippen molar-refractivity contribution >= 4 is 23.3 Å². The van der Waals surface area contributed by atoms with E-state index in [0.717, 1.165) is 31.5 Å². The van der Waals surface area contributed by atoms with Gasteiger partial charge in [0, 0.05) is 31.4 Å². The van der Waals surface area contributed by atoms with Crippen LogP contribution in [0.3, 0.4) is 0 Å². The monoisotopic (exact) mass is 327 g/mol. The highest BCUT2D eigenvalue weighted by molar-refractivity contribution is 5.84. The third-order valence-corrected chi connectivity index (χ3v) is 4.20. The van der Waals surface area contributed by atoms with E-state index < -0.39 is 4.92 Å². The fraction of sp³-hybridized carbons (Fsp3) is 0.278. The second kappa shape index (κ2) is 6.78. The highest BCUT2D eigenvalue weighted by Gasteiger charge is 2.17. The summed E-state index contributed by atoms with van der Waals surface area (Å²) >= 11 is 0. The molecule has 1 fully saturated rings. The molecule has 1 heterocycles. The van der Waals surface area contributed by atoms with Crippen LogP contribution in [0.2, 0.25) is 0 Å². The predicted molar refractivity (Wildman–Crippen MR) is 92.9 cm³/mol. The normalized spacial score (nSPS) is 14.5. The van der Waals surface area contributed by atoms with Gasteiger partial charge in [-0.15, -0.1) is 0 Å². The molecule has 0 aromatic heterocycles. The van der Waals surface area contributed by atoms with Gasteiger partial charge in [-0.2, -0.15) is 0 Å². The number of nitrogens with zero attached hydrogens (tertiary/aromatic N) is 3. The van der Waals surface area contributed by atoms with Crippen LogP contribution in [0.25, 0.3) is 0 Å². The summed E-state index contributed by atoms with van der Waals surface area (Å²) in [5.41, 5.74) is 2.91. The van der Waals surface area contributed by atoms with Gasteiger partial charge in [0.05, 0.1) is 16.3 Å². The van der Waals surface area contributed by atoms with Crippen LogP contribution in [0.1, 0.15) is 24.0 Å². The molecule has 3 rings (SSSR count). The number of non-ortho nitro benzene ring substituents is 1. The Hall–Kier alpha value is -2.76. The SMILES string of the molecule is Cc1cc(N2CCCC2)c(F)cc1C=Nc1ccc([N+](=O)[O-])cc1. The molecule has 5 nitrogen and oxygen atoms in total. The van der Waals surface area contributed by atoms with Crippen LogP contribution < -0.4 is 4.90 Å². The molecule has 0 atom stereocenters.